The van der Waals surface area contributed by atoms with E-state index >= 15 is 0 Å². The number of halogens is 2. The SMILES string of the molecule is CC(/C=C(\C=O)Nc1ncnc2[nH]ccc12)=C1\C(=O)NC2(CCC(F)(F)CC2)N1C. The summed E-state index contributed by atoms with van der Waals surface area (Å²) in [6, 6.07) is 1.78. The highest BCUT2D eigenvalue weighted by molar-refractivity contribution is 5.97. The second-order valence-electron chi connectivity index (χ2n) is 7.74. The van der Waals surface area contributed by atoms with Crippen LogP contribution in [-0.2, 0) is 9.59 Å². The molecule has 1 saturated carbocycles. The van der Waals surface area contributed by atoms with Crippen molar-refractivity contribution < 1.29 is 18.4 Å². The van der Waals surface area contributed by atoms with Crippen LogP contribution in [0.4, 0.5) is 14.6 Å². The maximum Gasteiger partial charge on any atom is 0.269 e. The van der Waals surface area contributed by atoms with Crippen LogP contribution in [0.5, 0.6) is 0 Å². The number of rotatable bonds is 4. The zero-order chi connectivity index (χ0) is 21.5. The summed E-state index contributed by atoms with van der Waals surface area (Å²) >= 11 is 0. The maximum absolute atomic E-state index is 13.6. The summed E-state index contributed by atoms with van der Waals surface area (Å²) in [4.78, 5) is 37.3. The number of nitrogens with one attached hydrogen (secondary N) is 3. The van der Waals surface area contributed by atoms with Gasteiger partial charge in [0.15, 0.2) is 6.29 Å². The zero-order valence-electron chi connectivity index (χ0n) is 16.6. The van der Waals surface area contributed by atoms with Gasteiger partial charge in [0, 0.05) is 26.1 Å². The lowest BCUT2D eigenvalue weighted by Gasteiger charge is -2.42. The van der Waals surface area contributed by atoms with Crippen LogP contribution in [0, 0.1) is 0 Å². The van der Waals surface area contributed by atoms with Gasteiger partial charge in [0.2, 0.25) is 5.92 Å². The van der Waals surface area contributed by atoms with Crippen LogP contribution >= 0.6 is 0 Å². The molecule has 2 fully saturated rings. The van der Waals surface area contributed by atoms with Gasteiger partial charge >= 0.3 is 0 Å². The quantitative estimate of drug-likeness (QED) is 0.523. The number of carbonyl (C=O) groups excluding carboxylic acids is 2. The van der Waals surface area contributed by atoms with E-state index in [1.54, 1.807) is 37.2 Å². The molecule has 8 nitrogen and oxygen atoms in total. The first-order valence-electron chi connectivity index (χ1n) is 9.62. The first kappa shape index (κ1) is 20.0. The van der Waals surface area contributed by atoms with Crippen LogP contribution in [0.3, 0.4) is 0 Å². The smallest absolute Gasteiger partial charge is 0.269 e. The Hall–Kier alpha value is -3.30. The van der Waals surface area contributed by atoms with Gasteiger partial charge in [-0.2, -0.15) is 0 Å². The molecule has 2 aromatic heterocycles. The Morgan fingerprint density at radius 1 is 1.27 bits per heavy atom. The second-order valence-corrected chi connectivity index (χ2v) is 7.74. The number of anilines is 1. The standard InChI is InChI=1S/C20H22F2N6O2/c1-12(9-13(10-29)26-17-14-3-8-23-16(14)24-11-25-17)15-18(30)27-20(28(15)2)6-4-19(21,22)5-7-20/h3,8-11H,4-7H2,1-2H3,(H,27,30)(H2,23,24,25,26)/b13-9+,15-12-. The number of hydrogen-bond donors (Lipinski definition) is 3. The molecular formula is C20H22F2N6O2. The minimum absolute atomic E-state index is 0.161. The van der Waals surface area contributed by atoms with Crippen molar-refractivity contribution in [2.75, 3.05) is 12.4 Å². The molecule has 1 spiro atoms. The van der Waals surface area contributed by atoms with Gasteiger partial charge in [0.1, 0.15) is 29.2 Å². The number of H-pyrrole nitrogens is 1. The molecule has 158 valence electrons. The van der Waals surface area contributed by atoms with Crippen molar-refractivity contribution >= 4 is 29.0 Å². The molecule has 1 amide bonds. The highest BCUT2D eigenvalue weighted by Gasteiger charge is 2.51. The third-order valence-electron chi connectivity index (χ3n) is 5.84. The first-order valence-corrected chi connectivity index (χ1v) is 9.62. The van der Waals surface area contributed by atoms with E-state index in [1.165, 1.54) is 6.33 Å². The predicted octanol–water partition coefficient (Wildman–Crippen LogP) is 2.69. The molecule has 4 rings (SSSR count). The molecule has 2 aromatic rings. The van der Waals surface area contributed by atoms with Gasteiger partial charge in [-0.1, -0.05) is 0 Å². The summed E-state index contributed by atoms with van der Waals surface area (Å²) in [5.41, 5.74) is 0.911. The Labute approximate surface area is 171 Å². The zero-order valence-corrected chi connectivity index (χ0v) is 16.6. The normalized spacial score (nSPS) is 22.3. The number of amides is 1. The van der Waals surface area contributed by atoms with Crippen LogP contribution in [0.1, 0.15) is 32.6 Å². The molecule has 10 heteroatoms. The van der Waals surface area contributed by atoms with Crippen molar-refractivity contribution in [2.24, 2.45) is 0 Å². The van der Waals surface area contributed by atoms with E-state index in [2.05, 4.69) is 25.6 Å². The summed E-state index contributed by atoms with van der Waals surface area (Å²) < 4.78 is 27.2. The number of alkyl halides is 2. The Morgan fingerprint density at radius 2 is 2.00 bits per heavy atom. The Bertz CT molecular complexity index is 1060. The van der Waals surface area contributed by atoms with Crippen molar-refractivity contribution in [1.82, 2.24) is 25.2 Å². The molecule has 0 radical (unpaired) electrons. The molecule has 1 saturated heterocycles. The van der Waals surface area contributed by atoms with Crippen LogP contribution in [0.2, 0.25) is 0 Å². The third kappa shape index (κ3) is 3.42. The second kappa shape index (κ2) is 7.19. The molecule has 2 aliphatic rings. The molecule has 1 aliphatic carbocycles. The number of carbonyl (C=O) groups is 2. The average Bonchev–Trinajstić information content (AvgIpc) is 3.27. The van der Waals surface area contributed by atoms with Gasteiger partial charge < -0.3 is 20.5 Å². The summed E-state index contributed by atoms with van der Waals surface area (Å²) in [5, 5.41) is 6.56. The predicted molar refractivity (Wildman–Crippen MR) is 106 cm³/mol. The first-order chi connectivity index (χ1) is 14.2. The Morgan fingerprint density at radius 3 is 2.70 bits per heavy atom. The maximum atomic E-state index is 13.6. The fourth-order valence-electron chi connectivity index (χ4n) is 4.16. The van der Waals surface area contributed by atoms with Gasteiger partial charge in [-0.3, -0.25) is 9.59 Å². The van der Waals surface area contributed by atoms with Gasteiger partial charge in [-0.15, -0.1) is 0 Å². The molecule has 0 unspecified atom stereocenters. The van der Waals surface area contributed by atoms with Crippen molar-refractivity contribution in [3.05, 3.63) is 41.6 Å². The lowest BCUT2D eigenvalue weighted by molar-refractivity contribution is -0.118. The van der Waals surface area contributed by atoms with E-state index < -0.39 is 11.6 Å². The molecule has 3 N–H and O–H groups in total. The summed E-state index contributed by atoms with van der Waals surface area (Å²) in [5.74, 6) is -2.59. The van der Waals surface area contributed by atoms with Crippen LogP contribution < -0.4 is 10.6 Å². The van der Waals surface area contributed by atoms with Crippen molar-refractivity contribution in [3.8, 4) is 0 Å². The fraction of sp³-hybridized carbons (Fsp3) is 0.400. The van der Waals surface area contributed by atoms with E-state index in [0.717, 1.165) is 0 Å². The van der Waals surface area contributed by atoms with E-state index in [9.17, 15) is 18.4 Å². The number of fused-ring (bicyclic) bond motifs is 1. The third-order valence-corrected chi connectivity index (χ3v) is 5.84. The van der Waals surface area contributed by atoms with Crippen molar-refractivity contribution in [2.45, 2.75) is 44.2 Å². The van der Waals surface area contributed by atoms with Crippen LogP contribution in [-0.4, -0.2) is 50.7 Å². The minimum Gasteiger partial charge on any atom is -0.347 e. The monoisotopic (exact) mass is 416 g/mol. The number of aromatic amines is 1. The largest absolute Gasteiger partial charge is 0.347 e. The Kier molecular flexibility index (Phi) is 4.79. The summed E-state index contributed by atoms with van der Waals surface area (Å²) in [6.07, 6.45) is 5.04. The van der Waals surface area contributed by atoms with E-state index in [-0.39, 0.29) is 37.3 Å². The fourth-order valence-corrected chi connectivity index (χ4v) is 4.16. The average molecular weight is 416 g/mol. The molecule has 0 bridgehead atoms. The topological polar surface area (TPSA) is 103 Å². The van der Waals surface area contributed by atoms with E-state index in [0.29, 0.717) is 34.4 Å². The number of nitrogens with zero attached hydrogens (tertiary/aromatic N) is 3. The number of likely N-dealkylation sites (N-methyl/N-ethyl adjacent to an activating group) is 1. The van der Waals surface area contributed by atoms with Crippen LogP contribution in [0.15, 0.2) is 41.6 Å². The summed E-state index contributed by atoms with van der Waals surface area (Å²) in [7, 11) is 1.72. The number of hydrogen-bond acceptors (Lipinski definition) is 6. The molecule has 30 heavy (non-hydrogen) atoms. The lowest BCUT2D eigenvalue weighted by Crippen LogP contribution is -2.54. The molecule has 0 aromatic carbocycles. The highest BCUT2D eigenvalue weighted by atomic mass is 19.3. The van der Waals surface area contributed by atoms with E-state index in [4.69, 9.17) is 0 Å². The van der Waals surface area contributed by atoms with Crippen molar-refractivity contribution in [1.29, 1.82) is 0 Å². The number of allylic oxidation sites excluding steroid dienone is 3. The minimum atomic E-state index is -2.70. The lowest BCUT2D eigenvalue weighted by atomic mass is 9.86. The summed E-state index contributed by atoms with van der Waals surface area (Å²) in [6.45, 7) is 1.71. The number of aromatic nitrogens is 3. The molecule has 3 heterocycles. The van der Waals surface area contributed by atoms with Crippen LogP contribution in [0.25, 0.3) is 11.0 Å². The van der Waals surface area contributed by atoms with Gasteiger partial charge in [0.05, 0.1) is 11.1 Å². The van der Waals surface area contributed by atoms with E-state index in [1.807, 2.05) is 0 Å². The molecule has 0 atom stereocenters. The van der Waals surface area contributed by atoms with Gasteiger partial charge in [-0.05, 0) is 37.5 Å². The van der Waals surface area contributed by atoms with Crippen molar-refractivity contribution in [3.63, 3.8) is 0 Å². The molecular weight excluding hydrogens is 394 g/mol. The van der Waals surface area contributed by atoms with Gasteiger partial charge in [0.25, 0.3) is 5.91 Å². The highest BCUT2D eigenvalue weighted by Crippen LogP contribution is 2.43. The van der Waals surface area contributed by atoms with Gasteiger partial charge in [-0.25, -0.2) is 18.7 Å². The molecule has 1 aliphatic heterocycles. The Balaban J connectivity index is 1.62. The number of aldehydes is 1.